The molecule has 4 atom stereocenters. The second-order valence-corrected chi connectivity index (χ2v) is 6.98. The fourth-order valence-corrected chi connectivity index (χ4v) is 3.62. The van der Waals surface area contributed by atoms with E-state index >= 15 is 0 Å². The van der Waals surface area contributed by atoms with Crippen molar-refractivity contribution in [3.05, 3.63) is 10.2 Å². The molecule has 4 heterocycles. The Labute approximate surface area is 145 Å². The number of halogens is 1. The maximum absolute atomic E-state index is 9.57. The molecule has 0 radical (unpaired) electrons. The third-order valence-corrected chi connectivity index (χ3v) is 4.48. The van der Waals surface area contributed by atoms with Crippen LogP contribution in [0.5, 0.6) is 0 Å². The third-order valence-electron chi connectivity index (χ3n) is 4.00. The van der Waals surface area contributed by atoms with Crippen LogP contribution in [0.2, 0.25) is 0 Å². The highest BCUT2D eigenvalue weighted by Gasteiger charge is 2.55. The number of anilines is 1. The smallest absolute Gasteiger partial charge is 0.194 e. The minimum atomic E-state index is -0.733. The molecule has 1 unspecified atom stereocenters. The van der Waals surface area contributed by atoms with Gasteiger partial charge in [0.15, 0.2) is 27.3 Å². The molecule has 3 N–H and O–H groups in total. The molecular weight excluding hydrogens is 417 g/mol. The molecule has 2 saturated heterocycles. The van der Waals surface area contributed by atoms with Gasteiger partial charge in [0, 0.05) is 22.6 Å². The lowest BCUT2D eigenvalue weighted by molar-refractivity contribution is -0.199. The number of aromatic nitrogens is 4. The number of rotatable bonds is 2. The molecule has 0 bridgehead atoms. The van der Waals surface area contributed by atoms with E-state index in [-0.39, 0.29) is 18.8 Å². The Morgan fingerprint density at radius 1 is 1.35 bits per heavy atom. The summed E-state index contributed by atoms with van der Waals surface area (Å²) in [4.78, 5) is 12.8. The third kappa shape index (κ3) is 2.39. The highest BCUT2D eigenvalue weighted by molar-refractivity contribution is 14.1. The van der Waals surface area contributed by atoms with Crippen molar-refractivity contribution in [3.8, 4) is 0 Å². The first-order valence-electron chi connectivity index (χ1n) is 7.17. The lowest BCUT2D eigenvalue weighted by Gasteiger charge is -2.24. The highest BCUT2D eigenvalue weighted by atomic mass is 127. The monoisotopic (exact) mass is 433 g/mol. The number of imidazole rings is 1. The van der Waals surface area contributed by atoms with Crippen molar-refractivity contribution in [1.29, 1.82) is 0 Å². The van der Waals surface area contributed by atoms with Crippen LogP contribution in [0.3, 0.4) is 0 Å². The van der Waals surface area contributed by atoms with E-state index in [1.807, 2.05) is 36.4 Å². The summed E-state index contributed by atoms with van der Waals surface area (Å²) in [6, 6.07) is 0. The van der Waals surface area contributed by atoms with Gasteiger partial charge in [0.2, 0.25) is 0 Å². The first kappa shape index (κ1) is 15.4. The summed E-state index contributed by atoms with van der Waals surface area (Å²) in [6.45, 7) is 3.52. The van der Waals surface area contributed by atoms with Gasteiger partial charge in [-0.3, -0.25) is 4.57 Å². The van der Waals surface area contributed by atoms with E-state index < -0.39 is 18.1 Å². The summed E-state index contributed by atoms with van der Waals surface area (Å²) in [6.07, 6.45) is -0.0947. The number of ether oxygens (including phenoxy) is 3. The van der Waals surface area contributed by atoms with Gasteiger partial charge in [0.25, 0.3) is 0 Å². The Hall–Kier alpha value is -1.08. The Bertz CT molecular complexity index is 766. The van der Waals surface area contributed by atoms with Crippen molar-refractivity contribution in [2.75, 3.05) is 12.3 Å². The standard InChI is InChI=1S/C13H16IN5O4/c1-13(2)22-7-5(3-20)21-11(8(7)23-13)19-4-16-6-9(15)17-12(14)18-10(6)19/h4-5,7-8,11,20H,3H2,1-2H3,(H2,15,17,18)/t5-,7?,8+,11-/m1/s1. The fourth-order valence-electron chi connectivity index (χ4n) is 3.13. The molecular formula is C13H16IN5O4. The van der Waals surface area contributed by atoms with Crippen molar-refractivity contribution >= 4 is 39.6 Å². The van der Waals surface area contributed by atoms with E-state index in [1.165, 1.54) is 0 Å². The minimum Gasteiger partial charge on any atom is -0.394 e. The molecule has 2 aliphatic heterocycles. The van der Waals surface area contributed by atoms with Crippen molar-refractivity contribution < 1.29 is 19.3 Å². The largest absolute Gasteiger partial charge is 0.394 e. The Balaban J connectivity index is 1.79. The maximum atomic E-state index is 9.57. The van der Waals surface area contributed by atoms with Gasteiger partial charge in [-0.2, -0.15) is 0 Å². The van der Waals surface area contributed by atoms with Crippen LogP contribution >= 0.6 is 22.6 Å². The number of hydrogen-bond acceptors (Lipinski definition) is 8. The molecule has 2 aromatic heterocycles. The summed E-state index contributed by atoms with van der Waals surface area (Å²) in [7, 11) is 0. The molecule has 0 spiro atoms. The second-order valence-electron chi connectivity index (χ2n) is 6.01. The molecule has 124 valence electrons. The van der Waals surface area contributed by atoms with E-state index in [4.69, 9.17) is 19.9 Å². The van der Waals surface area contributed by atoms with Gasteiger partial charge < -0.3 is 25.1 Å². The SMILES string of the molecule is CC1(C)OC2[C@@H](CO)O[C@@H](n3cnc4c(N)nc(I)nc43)[C@H]2O1. The summed E-state index contributed by atoms with van der Waals surface area (Å²) in [5.41, 5.74) is 6.98. The van der Waals surface area contributed by atoms with E-state index in [2.05, 4.69) is 15.0 Å². The zero-order chi connectivity index (χ0) is 16.4. The Morgan fingerprint density at radius 2 is 2.09 bits per heavy atom. The van der Waals surface area contributed by atoms with Crippen molar-refractivity contribution in [2.45, 2.75) is 44.2 Å². The van der Waals surface area contributed by atoms with Gasteiger partial charge in [-0.15, -0.1) is 0 Å². The Morgan fingerprint density at radius 3 is 2.83 bits per heavy atom. The van der Waals surface area contributed by atoms with E-state index in [0.29, 0.717) is 20.8 Å². The van der Waals surface area contributed by atoms with Crippen molar-refractivity contribution in [2.24, 2.45) is 0 Å². The molecule has 23 heavy (non-hydrogen) atoms. The van der Waals surface area contributed by atoms with E-state index in [1.54, 1.807) is 10.9 Å². The molecule has 2 aromatic rings. The van der Waals surface area contributed by atoms with Gasteiger partial charge in [0.1, 0.15) is 23.8 Å². The minimum absolute atomic E-state index is 0.154. The topological polar surface area (TPSA) is 118 Å². The highest BCUT2D eigenvalue weighted by Crippen LogP contribution is 2.43. The zero-order valence-corrected chi connectivity index (χ0v) is 14.7. The van der Waals surface area contributed by atoms with Crippen LogP contribution in [-0.4, -0.2) is 55.3 Å². The first-order chi connectivity index (χ1) is 10.9. The van der Waals surface area contributed by atoms with Crippen LogP contribution < -0.4 is 5.73 Å². The Kier molecular flexibility index (Phi) is 3.50. The van der Waals surface area contributed by atoms with Crippen LogP contribution in [0.15, 0.2) is 6.33 Å². The number of nitrogens with zero attached hydrogens (tertiary/aromatic N) is 4. The quantitative estimate of drug-likeness (QED) is 0.517. The lowest BCUT2D eigenvalue weighted by Crippen LogP contribution is -2.31. The van der Waals surface area contributed by atoms with E-state index in [9.17, 15) is 5.11 Å². The van der Waals surface area contributed by atoms with Gasteiger partial charge in [-0.25, -0.2) is 15.0 Å². The normalized spacial score (nSPS) is 32.5. The molecule has 10 heteroatoms. The second kappa shape index (κ2) is 5.21. The number of fused-ring (bicyclic) bond motifs is 2. The summed E-state index contributed by atoms with van der Waals surface area (Å²) < 4.78 is 20.0. The molecule has 0 aromatic carbocycles. The molecule has 2 aliphatic rings. The maximum Gasteiger partial charge on any atom is 0.194 e. The number of nitrogen functional groups attached to an aromatic ring is 1. The van der Waals surface area contributed by atoms with Crippen LogP contribution in [0.25, 0.3) is 11.2 Å². The lowest BCUT2D eigenvalue weighted by atomic mass is 10.1. The average molecular weight is 433 g/mol. The molecule has 0 aliphatic carbocycles. The van der Waals surface area contributed by atoms with Gasteiger partial charge in [-0.05, 0) is 13.8 Å². The fraction of sp³-hybridized carbons (Fsp3) is 0.615. The number of nitrogens with two attached hydrogens (primary N) is 1. The van der Waals surface area contributed by atoms with Crippen LogP contribution in [-0.2, 0) is 14.2 Å². The average Bonchev–Trinajstić information content (AvgIpc) is 3.09. The van der Waals surface area contributed by atoms with Gasteiger partial charge in [-0.1, -0.05) is 0 Å². The summed E-state index contributed by atoms with van der Waals surface area (Å²) in [5, 5.41) is 9.57. The predicted octanol–water partition coefficient (Wildman–Crippen LogP) is 0.423. The van der Waals surface area contributed by atoms with Crippen molar-refractivity contribution in [3.63, 3.8) is 0 Å². The molecule has 0 saturated carbocycles. The van der Waals surface area contributed by atoms with Gasteiger partial charge >= 0.3 is 0 Å². The number of aliphatic hydroxyl groups is 1. The van der Waals surface area contributed by atoms with Gasteiger partial charge in [0.05, 0.1) is 12.9 Å². The van der Waals surface area contributed by atoms with E-state index in [0.717, 1.165) is 0 Å². The summed E-state index contributed by atoms with van der Waals surface area (Å²) >= 11 is 2.00. The summed E-state index contributed by atoms with van der Waals surface area (Å²) in [5.74, 6) is -0.417. The molecule has 4 rings (SSSR count). The number of aliphatic hydroxyl groups excluding tert-OH is 1. The van der Waals surface area contributed by atoms with Crippen LogP contribution in [0, 0.1) is 3.83 Å². The zero-order valence-electron chi connectivity index (χ0n) is 12.5. The molecule has 9 nitrogen and oxygen atoms in total. The first-order valence-corrected chi connectivity index (χ1v) is 8.25. The number of hydrogen-bond donors (Lipinski definition) is 2. The van der Waals surface area contributed by atoms with Crippen molar-refractivity contribution in [1.82, 2.24) is 19.5 Å². The van der Waals surface area contributed by atoms with Crippen LogP contribution in [0.1, 0.15) is 20.1 Å². The predicted molar refractivity (Wildman–Crippen MR) is 87.3 cm³/mol. The molecule has 2 fully saturated rings. The molecule has 0 amide bonds. The van der Waals surface area contributed by atoms with Crippen LogP contribution in [0.4, 0.5) is 5.82 Å².